The lowest BCUT2D eigenvalue weighted by molar-refractivity contribution is 0.415. The Bertz CT molecular complexity index is 1150. The minimum Gasteiger partial charge on any atom is -0.497 e. The second kappa shape index (κ2) is 5.35. The van der Waals surface area contributed by atoms with Crippen LogP contribution in [0.15, 0.2) is 47.4 Å². The number of aromatic nitrogens is 4. The van der Waals surface area contributed by atoms with Crippen LogP contribution >= 0.6 is 11.6 Å². The van der Waals surface area contributed by atoms with Gasteiger partial charge in [0.25, 0.3) is 5.56 Å². The van der Waals surface area contributed by atoms with Crippen molar-refractivity contribution in [3.05, 3.63) is 58.1 Å². The molecule has 0 N–H and O–H groups in total. The van der Waals surface area contributed by atoms with Crippen LogP contribution in [-0.4, -0.2) is 26.3 Å². The summed E-state index contributed by atoms with van der Waals surface area (Å²) in [4.78, 5) is 16.6. The Morgan fingerprint density at radius 1 is 1.17 bits per heavy atom. The molecule has 0 aliphatic rings. The van der Waals surface area contributed by atoms with Gasteiger partial charge in [0.1, 0.15) is 16.5 Å². The fraction of sp³-hybridized carbons (Fsp3) is 0.118. The molecule has 120 valence electrons. The van der Waals surface area contributed by atoms with Crippen molar-refractivity contribution >= 4 is 28.2 Å². The fourth-order valence-electron chi connectivity index (χ4n) is 2.77. The first-order valence-electron chi connectivity index (χ1n) is 7.27. The zero-order chi connectivity index (χ0) is 16.8. The summed E-state index contributed by atoms with van der Waals surface area (Å²) in [6, 6.07) is 10.8. The van der Waals surface area contributed by atoms with E-state index in [9.17, 15) is 4.79 Å². The first-order chi connectivity index (χ1) is 11.6. The van der Waals surface area contributed by atoms with Crippen molar-refractivity contribution in [1.29, 1.82) is 0 Å². The number of benzene rings is 1. The summed E-state index contributed by atoms with van der Waals surface area (Å²) in [5.74, 6) is 0.632. The van der Waals surface area contributed by atoms with E-state index in [2.05, 4.69) is 10.1 Å². The van der Waals surface area contributed by atoms with Gasteiger partial charge in [0.2, 0.25) is 0 Å². The summed E-state index contributed by atoms with van der Waals surface area (Å²) in [5, 5.41) is 5.58. The summed E-state index contributed by atoms with van der Waals surface area (Å²) >= 11 is 5.96. The van der Waals surface area contributed by atoms with Gasteiger partial charge in [-0.05, 0) is 30.3 Å². The molecular formula is C17H13ClN4O2. The van der Waals surface area contributed by atoms with Gasteiger partial charge in [0.05, 0.1) is 23.7 Å². The number of methoxy groups -OCH3 is 1. The maximum Gasteiger partial charge on any atom is 0.261 e. The van der Waals surface area contributed by atoms with E-state index >= 15 is 0 Å². The molecule has 1 aromatic carbocycles. The Balaban J connectivity index is 2.08. The number of hydrogen-bond acceptors (Lipinski definition) is 4. The largest absolute Gasteiger partial charge is 0.497 e. The predicted molar refractivity (Wildman–Crippen MR) is 92.7 cm³/mol. The topological polar surface area (TPSA) is 61.4 Å². The SMILES string of the molecule is COc1ccc2c(c1)c(=O)n(C)c1cc(-c3ccnc(Cl)c3)nn21. The van der Waals surface area contributed by atoms with Gasteiger partial charge in [-0.15, -0.1) is 0 Å². The Kier molecular flexibility index (Phi) is 3.28. The highest BCUT2D eigenvalue weighted by atomic mass is 35.5. The van der Waals surface area contributed by atoms with Gasteiger partial charge in [0.15, 0.2) is 0 Å². The minimum atomic E-state index is -0.101. The maximum absolute atomic E-state index is 12.6. The summed E-state index contributed by atoms with van der Waals surface area (Å²) in [5.41, 5.74) is 2.88. The monoisotopic (exact) mass is 340 g/mol. The van der Waals surface area contributed by atoms with Crippen molar-refractivity contribution in [2.45, 2.75) is 0 Å². The van der Waals surface area contributed by atoms with Crippen LogP contribution in [0.1, 0.15) is 0 Å². The van der Waals surface area contributed by atoms with Crippen LogP contribution in [0.3, 0.4) is 0 Å². The molecule has 0 amide bonds. The average molecular weight is 341 g/mol. The number of aryl methyl sites for hydroxylation is 1. The second-order valence-corrected chi connectivity index (χ2v) is 5.80. The van der Waals surface area contributed by atoms with E-state index < -0.39 is 0 Å². The quantitative estimate of drug-likeness (QED) is 0.526. The number of fused-ring (bicyclic) bond motifs is 3. The van der Waals surface area contributed by atoms with Crippen LogP contribution in [0.4, 0.5) is 0 Å². The molecule has 0 unspecified atom stereocenters. The molecule has 6 nitrogen and oxygen atoms in total. The van der Waals surface area contributed by atoms with E-state index in [1.807, 2.05) is 24.3 Å². The van der Waals surface area contributed by atoms with Gasteiger partial charge >= 0.3 is 0 Å². The molecule has 24 heavy (non-hydrogen) atoms. The molecule has 0 fully saturated rings. The van der Waals surface area contributed by atoms with Crippen LogP contribution in [0.5, 0.6) is 5.75 Å². The molecule has 0 radical (unpaired) electrons. The molecular weight excluding hydrogens is 328 g/mol. The Morgan fingerprint density at radius 3 is 2.75 bits per heavy atom. The lowest BCUT2D eigenvalue weighted by atomic mass is 10.2. The number of nitrogens with zero attached hydrogens (tertiary/aromatic N) is 4. The number of rotatable bonds is 2. The van der Waals surface area contributed by atoms with Crippen molar-refractivity contribution < 1.29 is 4.74 Å². The fourth-order valence-corrected chi connectivity index (χ4v) is 2.95. The smallest absolute Gasteiger partial charge is 0.261 e. The lowest BCUT2D eigenvalue weighted by Gasteiger charge is -2.07. The first-order valence-corrected chi connectivity index (χ1v) is 7.65. The van der Waals surface area contributed by atoms with Gasteiger partial charge in [-0.1, -0.05) is 11.6 Å². The third-order valence-electron chi connectivity index (χ3n) is 4.02. The highest BCUT2D eigenvalue weighted by Crippen LogP contribution is 2.24. The molecule has 0 spiro atoms. The van der Waals surface area contributed by atoms with E-state index in [1.54, 1.807) is 41.6 Å². The third-order valence-corrected chi connectivity index (χ3v) is 4.23. The van der Waals surface area contributed by atoms with E-state index in [1.165, 1.54) is 0 Å². The molecule has 0 aliphatic carbocycles. The lowest BCUT2D eigenvalue weighted by Crippen LogP contribution is -2.19. The molecule has 0 atom stereocenters. The van der Waals surface area contributed by atoms with Crippen molar-refractivity contribution in [3.63, 3.8) is 0 Å². The van der Waals surface area contributed by atoms with E-state index in [-0.39, 0.29) is 5.56 Å². The van der Waals surface area contributed by atoms with Crippen LogP contribution in [0.25, 0.3) is 27.8 Å². The van der Waals surface area contributed by atoms with Gasteiger partial charge < -0.3 is 4.74 Å². The zero-order valence-corrected chi connectivity index (χ0v) is 13.8. The van der Waals surface area contributed by atoms with Crippen molar-refractivity contribution in [2.75, 3.05) is 7.11 Å². The summed E-state index contributed by atoms with van der Waals surface area (Å²) in [6.07, 6.45) is 1.63. The highest BCUT2D eigenvalue weighted by molar-refractivity contribution is 6.29. The third kappa shape index (κ3) is 2.15. The Morgan fingerprint density at radius 2 is 2.00 bits per heavy atom. The summed E-state index contributed by atoms with van der Waals surface area (Å²) in [7, 11) is 3.30. The highest BCUT2D eigenvalue weighted by Gasteiger charge is 2.13. The van der Waals surface area contributed by atoms with Gasteiger partial charge in [-0.3, -0.25) is 9.36 Å². The average Bonchev–Trinajstić information content (AvgIpc) is 3.05. The van der Waals surface area contributed by atoms with E-state index in [4.69, 9.17) is 16.3 Å². The first kappa shape index (κ1) is 14.7. The number of ether oxygens (including phenoxy) is 1. The summed E-state index contributed by atoms with van der Waals surface area (Å²) in [6.45, 7) is 0. The van der Waals surface area contributed by atoms with Crippen LogP contribution < -0.4 is 10.3 Å². The standard InChI is InChI=1S/C17H13ClN4O2/c1-21-16-9-13(10-5-6-19-15(18)7-10)20-22(16)14-4-3-11(24-2)8-12(14)17(21)23/h3-9H,1-2H3. The van der Waals surface area contributed by atoms with Crippen molar-refractivity contribution in [3.8, 4) is 17.0 Å². The molecule has 3 aromatic heterocycles. The molecule has 0 saturated heterocycles. The molecule has 0 bridgehead atoms. The van der Waals surface area contributed by atoms with Crippen LogP contribution in [0, 0.1) is 0 Å². The van der Waals surface area contributed by atoms with Crippen LogP contribution in [-0.2, 0) is 7.05 Å². The van der Waals surface area contributed by atoms with E-state index in [0.29, 0.717) is 21.9 Å². The van der Waals surface area contributed by atoms with Crippen molar-refractivity contribution in [1.82, 2.24) is 19.2 Å². The molecule has 4 aromatic rings. The maximum atomic E-state index is 12.6. The molecule has 7 heteroatoms. The molecule has 0 saturated carbocycles. The summed E-state index contributed by atoms with van der Waals surface area (Å²) < 4.78 is 8.54. The number of pyridine rings is 1. The molecule has 3 heterocycles. The van der Waals surface area contributed by atoms with Gasteiger partial charge in [-0.25, -0.2) is 9.50 Å². The minimum absolute atomic E-state index is 0.101. The molecule has 4 rings (SSSR count). The predicted octanol–water partition coefficient (Wildman–Crippen LogP) is 2.91. The molecule has 0 aliphatic heterocycles. The second-order valence-electron chi connectivity index (χ2n) is 5.41. The normalized spacial score (nSPS) is 11.3. The van der Waals surface area contributed by atoms with E-state index in [0.717, 1.165) is 16.8 Å². The Hall–Kier alpha value is -2.86. The van der Waals surface area contributed by atoms with Crippen LogP contribution in [0.2, 0.25) is 5.15 Å². The number of hydrogen-bond donors (Lipinski definition) is 0. The number of halogens is 1. The van der Waals surface area contributed by atoms with Gasteiger partial charge in [0, 0.05) is 24.9 Å². The van der Waals surface area contributed by atoms with Gasteiger partial charge in [-0.2, -0.15) is 5.10 Å². The van der Waals surface area contributed by atoms with Crippen molar-refractivity contribution in [2.24, 2.45) is 7.05 Å². The Labute approximate surface area is 141 Å². The zero-order valence-electron chi connectivity index (χ0n) is 13.0.